The molecule has 0 aliphatic carbocycles. The summed E-state index contributed by atoms with van der Waals surface area (Å²) < 4.78 is 47.4. The molecule has 1 heterocycles. The number of hydrogen-bond donors (Lipinski definition) is 1. The van der Waals surface area contributed by atoms with E-state index in [1.807, 2.05) is 24.3 Å². The molecule has 0 unspecified atom stereocenters. The minimum absolute atomic E-state index is 0.00350. The van der Waals surface area contributed by atoms with Crippen LogP contribution in [-0.2, 0) is 31.4 Å². The van der Waals surface area contributed by atoms with E-state index in [0.717, 1.165) is 24.8 Å². The summed E-state index contributed by atoms with van der Waals surface area (Å²) in [6.45, 7) is 5.93. The zero-order valence-corrected chi connectivity index (χ0v) is 27.7. The van der Waals surface area contributed by atoms with Crippen molar-refractivity contribution in [3.05, 3.63) is 65.7 Å². The average molecular weight is 635 g/mol. The lowest BCUT2D eigenvalue weighted by molar-refractivity contribution is -0.121. The molecule has 0 bridgehead atoms. The molecule has 8 nitrogen and oxygen atoms in total. The Morgan fingerprint density at radius 3 is 2.20 bits per heavy atom. The predicted molar refractivity (Wildman–Crippen MR) is 174 cm³/mol. The van der Waals surface area contributed by atoms with Gasteiger partial charge in [-0.2, -0.15) is 0 Å². The molecule has 0 fully saturated rings. The maximum atomic E-state index is 13.0. The van der Waals surface area contributed by atoms with Crippen LogP contribution in [0.1, 0.15) is 96.2 Å². The molecule has 0 saturated carbocycles. The zero-order valence-electron chi connectivity index (χ0n) is 26.8. The summed E-state index contributed by atoms with van der Waals surface area (Å²) >= 11 is 0. The van der Waals surface area contributed by atoms with Crippen LogP contribution in [-0.4, -0.2) is 43.4 Å². The Bertz CT molecular complexity index is 1120. The zero-order chi connectivity index (χ0) is 31.9. The largest absolute Gasteiger partial charge is 0.491 e. The summed E-state index contributed by atoms with van der Waals surface area (Å²) in [6, 6.07) is 10.6. The summed E-state index contributed by atoms with van der Waals surface area (Å²) in [4.78, 5) is 17.1. The third-order valence-electron chi connectivity index (χ3n) is 6.87. The van der Waals surface area contributed by atoms with Crippen LogP contribution in [0, 0.1) is 0 Å². The van der Waals surface area contributed by atoms with Gasteiger partial charge in [0.2, 0.25) is 5.91 Å². The van der Waals surface area contributed by atoms with Gasteiger partial charge in [0.25, 0.3) is 0 Å². The van der Waals surface area contributed by atoms with Crippen molar-refractivity contribution in [2.45, 2.75) is 104 Å². The number of rotatable bonds is 25. The lowest BCUT2D eigenvalue weighted by atomic mass is 10.0. The van der Waals surface area contributed by atoms with Crippen molar-refractivity contribution in [1.29, 1.82) is 0 Å². The third-order valence-corrected chi connectivity index (χ3v) is 8.65. The fourth-order valence-electron chi connectivity index (χ4n) is 4.65. The Labute approximate surface area is 263 Å². The second-order valence-electron chi connectivity index (χ2n) is 10.6. The van der Waals surface area contributed by atoms with Crippen LogP contribution in [0.15, 0.2) is 54.5 Å². The van der Waals surface area contributed by atoms with E-state index in [9.17, 15) is 13.8 Å². The van der Waals surface area contributed by atoms with Crippen LogP contribution in [0.2, 0.25) is 0 Å². The van der Waals surface area contributed by atoms with E-state index in [4.69, 9.17) is 18.5 Å². The lowest BCUT2D eigenvalue weighted by Gasteiger charge is -2.18. The number of nitrogens with one attached hydrogen (secondary N) is 1. The Balaban J connectivity index is 1.95. The van der Waals surface area contributed by atoms with Crippen LogP contribution in [0.25, 0.3) is 0 Å². The van der Waals surface area contributed by atoms with E-state index in [0.29, 0.717) is 30.0 Å². The average Bonchev–Trinajstić information content (AvgIpc) is 3.02. The molecule has 0 aliphatic rings. The van der Waals surface area contributed by atoms with Gasteiger partial charge in [-0.1, -0.05) is 76.5 Å². The van der Waals surface area contributed by atoms with E-state index >= 15 is 0 Å². The van der Waals surface area contributed by atoms with Gasteiger partial charge in [0.05, 0.1) is 24.9 Å². The molecule has 1 amide bonds. The lowest BCUT2D eigenvalue weighted by Crippen LogP contribution is -2.34. The molecule has 0 saturated heterocycles. The number of halogens is 1. The van der Waals surface area contributed by atoms with Crippen LogP contribution in [0.3, 0.4) is 0 Å². The first-order valence-corrected chi connectivity index (χ1v) is 17.8. The number of alkyl halides is 1. The SMILES string of the molecule is CCCCCCCCCCCC(=O)N[C@@H](/C=C/P(=O)(OCC)OCC)Cc1ccc(OCc2cc(OCCF)ccn2)cc1. The molecule has 2 aromatic rings. The Morgan fingerprint density at radius 1 is 0.909 bits per heavy atom. The number of pyridine rings is 1. The monoisotopic (exact) mass is 634 g/mol. The van der Waals surface area contributed by atoms with Gasteiger partial charge >= 0.3 is 7.60 Å². The standard InChI is InChI=1S/C34H52FN2O6P/c1-4-7-8-9-10-11-12-13-14-15-34(38)37-30(21-25-44(39,42-5-2)43-6-3)26-29-16-18-32(19-17-29)41-28-31-27-33(20-23-36-31)40-24-22-35/h16-21,23,25,27,30H,4-15,22,24,26,28H2,1-3H3,(H,37,38)/b25-21+/t30-/m0/s1. The Hall–Kier alpha value is -2.74. The van der Waals surface area contributed by atoms with Gasteiger partial charge in [0, 0.05) is 24.5 Å². The summed E-state index contributed by atoms with van der Waals surface area (Å²) in [5, 5.41) is 3.10. The number of carbonyl (C=O) groups is 1. The summed E-state index contributed by atoms with van der Waals surface area (Å²) in [5.41, 5.74) is 1.64. The highest BCUT2D eigenvalue weighted by Crippen LogP contribution is 2.49. The number of unbranched alkanes of at least 4 members (excludes halogenated alkanes) is 8. The predicted octanol–water partition coefficient (Wildman–Crippen LogP) is 8.74. The molecular weight excluding hydrogens is 582 g/mol. The number of benzene rings is 1. The Morgan fingerprint density at radius 2 is 1.57 bits per heavy atom. The van der Waals surface area contributed by atoms with E-state index < -0.39 is 20.3 Å². The minimum atomic E-state index is -3.41. The molecule has 44 heavy (non-hydrogen) atoms. The topological polar surface area (TPSA) is 96.0 Å². The number of carbonyl (C=O) groups excluding carboxylic acids is 1. The number of ether oxygens (including phenoxy) is 2. The van der Waals surface area contributed by atoms with Crippen molar-refractivity contribution in [3.8, 4) is 11.5 Å². The first-order valence-electron chi connectivity index (χ1n) is 16.1. The van der Waals surface area contributed by atoms with Gasteiger partial charge in [-0.3, -0.25) is 14.3 Å². The van der Waals surface area contributed by atoms with Crippen molar-refractivity contribution in [2.24, 2.45) is 0 Å². The van der Waals surface area contributed by atoms with Gasteiger partial charge in [0.15, 0.2) is 0 Å². The van der Waals surface area contributed by atoms with Crippen LogP contribution in [0.4, 0.5) is 4.39 Å². The van der Waals surface area contributed by atoms with Crippen molar-refractivity contribution < 1.29 is 32.3 Å². The fourth-order valence-corrected chi connectivity index (χ4v) is 6.03. The second kappa shape index (κ2) is 22.7. The van der Waals surface area contributed by atoms with Crippen molar-refractivity contribution in [2.75, 3.05) is 26.5 Å². The van der Waals surface area contributed by atoms with Gasteiger partial charge in [-0.25, -0.2) is 4.39 Å². The van der Waals surface area contributed by atoms with Gasteiger partial charge in [-0.05, 0) is 50.5 Å². The van der Waals surface area contributed by atoms with E-state index in [2.05, 4.69) is 17.2 Å². The molecule has 1 aromatic heterocycles. The van der Waals surface area contributed by atoms with Gasteiger partial charge in [-0.15, -0.1) is 0 Å². The third kappa shape index (κ3) is 16.4. The molecule has 10 heteroatoms. The molecule has 0 aliphatic heterocycles. The van der Waals surface area contributed by atoms with Crippen molar-refractivity contribution >= 4 is 13.5 Å². The maximum Gasteiger partial charge on any atom is 0.353 e. The summed E-state index contributed by atoms with van der Waals surface area (Å²) in [6.07, 6.45) is 15.0. The van der Waals surface area contributed by atoms with Crippen molar-refractivity contribution in [1.82, 2.24) is 10.3 Å². The molecule has 1 N–H and O–H groups in total. The second-order valence-corrected chi connectivity index (χ2v) is 12.5. The quantitative estimate of drug-likeness (QED) is 0.0862. The molecule has 1 atom stereocenters. The first kappa shape index (κ1) is 37.4. The molecule has 1 aromatic carbocycles. The number of nitrogens with zero attached hydrogens (tertiary/aromatic N) is 1. The summed E-state index contributed by atoms with van der Waals surface area (Å²) in [5.74, 6) is 2.63. The maximum absolute atomic E-state index is 13.0. The van der Waals surface area contributed by atoms with Crippen LogP contribution >= 0.6 is 7.60 Å². The highest BCUT2D eigenvalue weighted by atomic mass is 31.2. The number of aromatic nitrogens is 1. The molecular formula is C34H52FN2O6P. The normalized spacial score (nSPS) is 12.4. The van der Waals surface area contributed by atoms with E-state index in [-0.39, 0.29) is 32.3 Å². The number of hydrogen-bond acceptors (Lipinski definition) is 7. The fraction of sp³-hybridized carbons (Fsp3) is 0.588. The highest BCUT2D eigenvalue weighted by molar-refractivity contribution is 7.57. The first-order chi connectivity index (χ1) is 21.4. The van der Waals surface area contributed by atoms with Crippen molar-refractivity contribution in [3.63, 3.8) is 0 Å². The van der Waals surface area contributed by atoms with E-state index in [1.54, 1.807) is 38.3 Å². The number of amides is 1. The molecule has 0 radical (unpaired) electrons. The van der Waals surface area contributed by atoms with E-state index in [1.165, 1.54) is 44.3 Å². The van der Waals surface area contributed by atoms with Crippen LogP contribution < -0.4 is 14.8 Å². The van der Waals surface area contributed by atoms with Gasteiger partial charge < -0.3 is 23.8 Å². The molecule has 246 valence electrons. The minimum Gasteiger partial charge on any atom is -0.491 e. The smallest absolute Gasteiger partial charge is 0.353 e. The Kier molecular flexibility index (Phi) is 19.3. The van der Waals surface area contributed by atoms with Crippen LogP contribution in [0.5, 0.6) is 11.5 Å². The highest BCUT2D eigenvalue weighted by Gasteiger charge is 2.20. The molecule has 2 rings (SSSR count). The van der Waals surface area contributed by atoms with Gasteiger partial charge in [0.1, 0.15) is 31.4 Å². The summed E-state index contributed by atoms with van der Waals surface area (Å²) in [7, 11) is -3.41. The molecule has 0 spiro atoms.